The number of aromatic nitrogens is 1. The van der Waals surface area contributed by atoms with Crippen molar-refractivity contribution in [1.29, 1.82) is 0 Å². The summed E-state index contributed by atoms with van der Waals surface area (Å²) < 4.78 is 1.79. The summed E-state index contributed by atoms with van der Waals surface area (Å²) in [7, 11) is 0. The lowest BCUT2D eigenvalue weighted by atomic mass is 10.1. The van der Waals surface area contributed by atoms with Crippen LogP contribution in [-0.2, 0) is 11.3 Å². The van der Waals surface area contributed by atoms with E-state index in [-0.39, 0.29) is 11.6 Å². The van der Waals surface area contributed by atoms with E-state index in [1.807, 2.05) is 42.5 Å². The molecule has 6 heteroatoms. The average molecular weight is 333 g/mol. The molecule has 1 aromatic heterocycles. The van der Waals surface area contributed by atoms with Gasteiger partial charge in [0.15, 0.2) is 0 Å². The van der Waals surface area contributed by atoms with Crippen LogP contribution in [-0.4, -0.2) is 15.4 Å². The van der Waals surface area contributed by atoms with Crippen LogP contribution >= 0.6 is 0 Å². The number of nitro groups is 1. The van der Waals surface area contributed by atoms with Gasteiger partial charge in [0.2, 0.25) is 0 Å². The van der Waals surface area contributed by atoms with Crippen molar-refractivity contribution in [1.82, 2.24) is 4.57 Å². The van der Waals surface area contributed by atoms with Crippen molar-refractivity contribution in [3.63, 3.8) is 0 Å². The molecular weight excluding hydrogens is 318 g/mol. The summed E-state index contributed by atoms with van der Waals surface area (Å²) in [6.07, 6.45) is 3.61. The van der Waals surface area contributed by atoms with Crippen LogP contribution in [0.2, 0.25) is 0 Å². The molecule has 25 heavy (non-hydrogen) atoms. The summed E-state index contributed by atoms with van der Waals surface area (Å²) in [5.41, 5.74) is 2.38. The number of fused-ring (bicyclic) bond motifs is 1. The van der Waals surface area contributed by atoms with E-state index in [0.717, 1.165) is 11.3 Å². The first-order valence-corrected chi connectivity index (χ1v) is 7.91. The van der Waals surface area contributed by atoms with E-state index in [0.29, 0.717) is 12.1 Å². The molecule has 0 saturated carbocycles. The molecule has 2 aromatic carbocycles. The fraction of sp³-hybridized carbons (Fsp3) is 0.105. The molecule has 1 unspecified atom stereocenters. The van der Waals surface area contributed by atoms with E-state index >= 15 is 0 Å². The lowest BCUT2D eigenvalue weighted by Gasteiger charge is -2.18. The normalized spacial score (nSPS) is 16.1. The molecule has 0 fully saturated rings. The second kappa shape index (κ2) is 5.90. The molecule has 0 aliphatic carbocycles. The molecule has 3 aromatic rings. The van der Waals surface area contributed by atoms with Crippen LogP contribution in [0.25, 0.3) is 0 Å². The second-order valence-corrected chi connectivity index (χ2v) is 5.94. The Hall–Kier alpha value is -3.41. The Morgan fingerprint density at radius 1 is 1.00 bits per heavy atom. The predicted octanol–water partition coefficient (Wildman–Crippen LogP) is 3.53. The van der Waals surface area contributed by atoms with Gasteiger partial charge in [-0.05, 0) is 23.8 Å². The molecule has 0 saturated heterocycles. The van der Waals surface area contributed by atoms with Gasteiger partial charge in [-0.1, -0.05) is 30.3 Å². The van der Waals surface area contributed by atoms with Crippen LogP contribution in [0.3, 0.4) is 0 Å². The molecule has 4 rings (SSSR count). The number of rotatable bonds is 4. The van der Waals surface area contributed by atoms with Crippen LogP contribution in [0.5, 0.6) is 0 Å². The van der Waals surface area contributed by atoms with Gasteiger partial charge in [0.05, 0.1) is 17.2 Å². The highest BCUT2D eigenvalue weighted by atomic mass is 16.6. The van der Waals surface area contributed by atoms with Gasteiger partial charge in [0.25, 0.3) is 11.6 Å². The summed E-state index contributed by atoms with van der Waals surface area (Å²) in [4.78, 5) is 25.5. The molecule has 1 amide bonds. The van der Waals surface area contributed by atoms with E-state index in [2.05, 4.69) is 0 Å². The maximum absolute atomic E-state index is 13.1. The van der Waals surface area contributed by atoms with Crippen molar-refractivity contribution in [2.45, 2.75) is 12.6 Å². The molecule has 1 aliphatic rings. The fourth-order valence-electron chi connectivity index (χ4n) is 3.26. The van der Waals surface area contributed by atoms with Crippen LogP contribution < -0.4 is 4.90 Å². The third-order valence-electron chi connectivity index (χ3n) is 4.42. The molecule has 124 valence electrons. The van der Waals surface area contributed by atoms with Crippen LogP contribution in [0.4, 0.5) is 11.4 Å². The van der Waals surface area contributed by atoms with Crippen molar-refractivity contribution >= 4 is 17.3 Å². The second-order valence-electron chi connectivity index (χ2n) is 5.94. The number of anilines is 1. The maximum Gasteiger partial charge on any atom is 0.269 e. The SMILES string of the molecule is O=C1C(n2cccc2)c2cc([N+](=O)[O-])ccc2N1Cc1ccccc1. The van der Waals surface area contributed by atoms with Gasteiger partial charge in [0.1, 0.15) is 6.04 Å². The fourth-order valence-corrected chi connectivity index (χ4v) is 3.26. The van der Waals surface area contributed by atoms with E-state index in [1.165, 1.54) is 12.1 Å². The van der Waals surface area contributed by atoms with E-state index in [4.69, 9.17) is 0 Å². The number of nitrogens with zero attached hydrogens (tertiary/aromatic N) is 3. The maximum atomic E-state index is 13.1. The Morgan fingerprint density at radius 3 is 2.40 bits per heavy atom. The van der Waals surface area contributed by atoms with Crippen molar-refractivity contribution in [3.05, 3.63) is 94.3 Å². The minimum absolute atomic E-state index is 0.00901. The molecule has 0 N–H and O–H groups in total. The Labute approximate surface area is 144 Å². The van der Waals surface area contributed by atoms with E-state index in [9.17, 15) is 14.9 Å². The zero-order chi connectivity index (χ0) is 17.4. The number of nitro benzene ring substituents is 1. The molecule has 1 aliphatic heterocycles. The summed E-state index contributed by atoms with van der Waals surface area (Å²) in [6.45, 7) is 0.433. The number of hydrogen-bond acceptors (Lipinski definition) is 3. The summed E-state index contributed by atoms with van der Waals surface area (Å²) in [5.74, 6) is -0.0875. The summed E-state index contributed by atoms with van der Waals surface area (Å²) in [5, 5.41) is 11.1. The monoisotopic (exact) mass is 333 g/mol. The summed E-state index contributed by atoms with van der Waals surface area (Å²) >= 11 is 0. The number of non-ortho nitro benzene ring substituents is 1. The highest BCUT2D eigenvalue weighted by Crippen LogP contribution is 2.41. The zero-order valence-electron chi connectivity index (χ0n) is 13.3. The van der Waals surface area contributed by atoms with Gasteiger partial charge in [0, 0.05) is 30.1 Å². The molecule has 6 nitrogen and oxygen atoms in total. The topological polar surface area (TPSA) is 68.4 Å². The van der Waals surface area contributed by atoms with Gasteiger partial charge < -0.3 is 9.47 Å². The lowest BCUT2D eigenvalue weighted by molar-refractivity contribution is -0.384. The first kappa shape index (κ1) is 15.1. The molecule has 1 atom stereocenters. The number of carbonyl (C=O) groups is 1. The van der Waals surface area contributed by atoms with Gasteiger partial charge >= 0.3 is 0 Å². The standard InChI is InChI=1S/C19H15N3O3/c23-19-18(20-10-4-5-11-20)16-12-15(22(24)25)8-9-17(16)21(19)13-14-6-2-1-3-7-14/h1-12,18H,13H2. The number of benzene rings is 2. The van der Waals surface area contributed by atoms with Crippen LogP contribution in [0.15, 0.2) is 73.1 Å². The molecule has 0 bridgehead atoms. The molecule has 0 spiro atoms. The van der Waals surface area contributed by atoms with Gasteiger partial charge in [-0.2, -0.15) is 0 Å². The smallest absolute Gasteiger partial charge is 0.269 e. The molecule has 2 heterocycles. The number of hydrogen-bond donors (Lipinski definition) is 0. The van der Waals surface area contributed by atoms with Crippen LogP contribution in [0.1, 0.15) is 17.2 Å². The minimum atomic E-state index is -0.575. The minimum Gasteiger partial charge on any atom is -0.338 e. The summed E-state index contributed by atoms with van der Waals surface area (Å²) in [6, 6.07) is 17.4. The highest BCUT2D eigenvalue weighted by molar-refractivity contribution is 6.05. The highest BCUT2D eigenvalue weighted by Gasteiger charge is 2.39. The van der Waals surface area contributed by atoms with Crippen molar-refractivity contribution in [3.8, 4) is 0 Å². The number of amides is 1. The first-order valence-electron chi connectivity index (χ1n) is 7.91. The van der Waals surface area contributed by atoms with Gasteiger partial charge in [-0.3, -0.25) is 14.9 Å². The van der Waals surface area contributed by atoms with Gasteiger partial charge in [-0.25, -0.2) is 0 Å². The Morgan fingerprint density at radius 2 is 1.72 bits per heavy atom. The molecule has 0 radical (unpaired) electrons. The van der Waals surface area contributed by atoms with E-state index < -0.39 is 11.0 Å². The van der Waals surface area contributed by atoms with Gasteiger partial charge in [-0.15, -0.1) is 0 Å². The third-order valence-corrected chi connectivity index (χ3v) is 4.42. The van der Waals surface area contributed by atoms with Crippen molar-refractivity contribution in [2.75, 3.05) is 4.90 Å². The lowest BCUT2D eigenvalue weighted by Crippen LogP contribution is -2.30. The third kappa shape index (κ3) is 2.57. The van der Waals surface area contributed by atoms with Crippen molar-refractivity contribution < 1.29 is 9.72 Å². The van der Waals surface area contributed by atoms with E-state index in [1.54, 1.807) is 27.9 Å². The Bertz CT molecular complexity index is 936. The average Bonchev–Trinajstić information content (AvgIpc) is 3.22. The number of carbonyl (C=O) groups excluding carboxylic acids is 1. The van der Waals surface area contributed by atoms with Crippen molar-refractivity contribution in [2.24, 2.45) is 0 Å². The van der Waals surface area contributed by atoms with Crippen LogP contribution in [0, 0.1) is 10.1 Å². The zero-order valence-corrected chi connectivity index (χ0v) is 13.3. The first-order chi connectivity index (χ1) is 12.1. The Kier molecular flexibility index (Phi) is 3.57. The quantitative estimate of drug-likeness (QED) is 0.542. The predicted molar refractivity (Wildman–Crippen MR) is 93.3 cm³/mol. The Balaban J connectivity index is 1.81. The molecular formula is C19H15N3O3. The largest absolute Gasteiger partial charge is 0.338 e.